The summed E-state index contributed by atoms with van der Waals surface area (Å²) in [4.78, 5) is 29.1. The van der Waals surface area contributed by atoms with Crippen LogP contribution in [0.3, 0.4) is 0 Å². The molecule has 2 aliphatic rings. The molecule has 166 valence electrons. The summed E-state index contributed by atoms with van der Waals surface area (Å²) >= 11 is 0. The maximum atomic E-state index is 13.3. The Kier molecular flexibility index (Phi) is 7.32. The number of methoxy groups -OCH3 is 1. The summed E-state index contributed by atoms with van der Waals surface area (Å²) in [6.45, 7) is 2.28. The van der Waals surface area contributed by atoms with Crippen LogP contribution >= 0.6 is 0 Å². The molecular formula is C20H29N3O6S. The molecule has 9 nitrogen and oxygen atoms in total. The molecule has 0 radical (unpaired) electrons. The van der Waals surface area contributed by atoms with Crippen LogP contribution in [0.4, 0.5) is 0 Å². The summed E-state index contributed by atoms with van der Waals surface area (Å²) < 4.78 is 37.8. The van der Waals surface area contributed by atoms with Crippen LogP contribution in [0.1, 0.15) is 36.0 Å². The lowest BCUT2D eigenvalue weighted by Gasteiger charge is -2.27. The van der Waals surface area contributed by atoms with Gasteiger partial charge in [0, 0.05) is 31.8 Å². The van der Waals surface area contributed by atoms with Gasteiger partial charge >= 0.3 is 0 Å². The molecule has 2 fully saturated rings. The first kappa shape index (κ1) is 22.5. The number of carbonyl (C=O) groups excluding carboxylic acids is 2. The molecule has 1 atom stereocenters. The Morgan fingerprint density at radius 1 is 1.27 bits per heavy atom. The molecule has 1 aromatic carbocycles. The van der Waals surface area contributed by atoms with Gasteiger partial charge in [-0.15, -0.1) is 0 Å². The Morgan fingerprint density at radius 2 is 2.00 bits per heavy atom. The van der Waals surface area contributed by atoms with Gasteiger partial charge in [-0.2, -0.15) is 0 Å². The van der Waals surface area contributed by atoms with Gasteiger partial charge in [0.15, 0.2) is 0 Å². The molecule has 2 heterocycles. The van der Waals surface area contributed by atoms with Crippen LogP contribution in [-0.2, 0) is 19.6 Å². The van der Waals surface area contributed by atoms with Crippen molar-refractivity contribution in [2.45, 2.75) is 36.7 Å². The highest BCUT2D eigenvalue weighted by Crippen LogP contribution is 2.26. The fourth-order valence-electron chi connectivity index (χ4n) is 3.80. The van der Waals surface area contributed by atoms with E-state index in [9.17, 15) is 18.0 Å². The van der Waals surface area contributed by atoms with E-state index in [4.69, 9.17) is 9.47 Å². The normalized spacial score (nSPS) is 19.1. The van der Waals surface area contributed by atoms with E-state index >= 15 is 0 Å². The van der Waals surface area contributed by atoms with Gasteiger partial charge in [-0.3, -0.25) is 9.59 Å². The molecule has 0 bridgehead atoms. The molecular weight excluding hydrogens is 410 g/mol. The number of carbonyl (C=O) groups is 2. The minimum absolute atomic E-state index is 0.0567. The Labute approximate surface area is 177 Å². The standard InChI is InChI=1S/C20H29N3O6S/c1-21-30(26,27)18-12-15(7-8-17(18)28-2)20(25)23(13-16-6-5-11-29-16)14-19(24)22-9-3-4-10-22/h7-8,12,16,21H,3-6,9-11,13-14H2,1-2H3. The molecule has 0 aromatic heterocycles. The summed E-state index contributed by atoms with van der Waals surface area (Å²) in [5, 5.41) is 0. The first-order valence-corrected chi connectivity index (χ1v) is 11.6. The largest absolute Gasteiger partial charge is 0.495 e. The molecule has 2 saturated heterocycles. The molecule has 2 aliphatic heterocycles. The number of nitrogens with zero attached hydrogens (tertiary/aromatic N) is 2. The number of amides is 2. The quantitative estimate of drug-likeness (QED) is 0.644. The Bertz CT molecular complexity index is 877. The number of likely N-dealkylation sites (tertiary alicyclic amines) is 1. The summed E-state index contributed by atoms with van der Waals surface area (Å²) in [5.74, 6) is -0.372. The molecule has 1 unspecified atom stereocenters. The van der Waals surface area contributed by atoms with Crippen molar-refractivity contribution in [3.05, 3.63) is 23.8 Å². The van der Waals surface area contributed by atoms with E-state index < -0.39 is 15.9 Å². The Morgan fingerprint density at radius 3 is 2.60 bits per heavy atom. The average molecular weight is 440 g/mol. The van der Waals surface area contributed by atoms with Gasteiger partial charge in [0.1, 0.15) is 17.2 Å². The van der Waals surface area contributed by atoms with Crippen molar-refractivity contribution in [3.8, 4) is 5.75 Å². The third-order valence-electron chi connectivity index (χ3n) is 5.49. The molecule has 2 amide bonds. The maximum Gasteiger partial charge on any atom is 0.254 e. The lowest BCUT2D eigenvalue weighted by Crippen LogP contribution is -2.45. The maximum absolute atomic E-state index is 13.3. The second-order valence-electron chi connectivity index (χ2n) is 7.48. The third kappa shape index (κ3) is 5.11. The Hall–Kier alpha value is -2.17. The fourth-order valence-corrected chi connectivity index (χ4v) is 4.71. The van der Waals surface area contributed by atoms with Crippen LogP contribution in [0.2, 0.25) is 0 Å². The van der Waals surface area contributed by atoms with Gasteiger partial charge in [0.05, 0.1) is 13.2 Å². The number of rotatable bonds is 8. The predicted octanol–water partition coefficient (Wildman–Crippen LogP) is 0.847. The lowest BCUT2D eigenvalue weighted by atomic mass is 10.1. The number of nitrogens with one attached hydrogen (secondary N) is 1. The zero-order chi connectivity index (χ0) is 21.7. The van der Waals surface area contributed by atoms with Crippen molar-refractivity contribution >= 4 is 21.8 Å². The molecule has 0 aliphatic carbocycles. The van der Waals surface area contributed by atoms with Crippen molar-refractivity contribution in [2.24, 2.45) is 0 Å². The van der Waals surface area contributed by atoms with E-state index in [-0.39, 0.29) is 34.8 Å². The van der Waals surface area contributed by atoms with Crippen LogP contribution in [0.15, 0.2) is 23.1 Å². The number of hydrogen-bond acceptors (Lipinski definition) is 6. The second-order valence-corrected chi connectivity index (χ2v) is 9.34. The molecule has 3 rings (SSSR count). The minimum Gasteiger partial charge on any atom is -0.495 e. The lowest BCUT2D eigenvalue weighted by molar-refractivity contribution is -0.131. The van der Waals surface area contributed by atoms with Gasteiger partial charge in [-0.05, 0) is 50.9 Å². The molecule has 10 heteroatoms. The van der Waals surface area contributed by atoms with Crippen molar-refractivity contribution < 1.29 is 27.5 Å². The van der Waals surface area contributed by atoms with Crippen LogP contribution in [0, 0.1) is 0 Å². The molecule has 1 aromatic rings. The molecule has 1 N–H and O–H groups in total. The Balaban J connectivity index is 1.87. The van der Waals surface area contributed by atoms with Gasteiger partial charge in [0.2, 0.25) is 15.9 Å². The minimum atomic E-state index is -3.83. The summed E-state index contributed by atoms with van der Waals surface area (Å²) in [6, 6.07) is 4.25. The second kappa shape index (κ2) is 9.76. The first-order chi connectivity index (χ1) is 14.4. The highest BCUT2D eigenvalue weighted by atomic mass is 32.2. The van der Waals surface area contributed by atoms with Crippen LogP contribution < -0.4 is 9.46 Å². The van der Waals surface area contributed by atoms with Crippen molar-refractivity contribution in [1.29, 1.82) is 0 Å². The summed E-state index contributed by atoms with van der Waals surface area (Å²) in [5.41, 5.74) is 0.178. The topological polar surface area (TPSA) is 105 Å². The van der Waals surface area contributed by atoms with E-state index in [0.29, 0.717) is 26.2 Å². The number of sulfonamides is 1. The predicted molar refractivity (Wildman–Crippen MR) is 110 cm³/mol. The third-order valence-corrected chi connectivity index (χ3v) is 6.92. The fraction of sp³-hybridized carbons (Fsp3) is 0.600. The van der Waals surface area contributed by atoms with Gasteiger partial charge < -0.3 is 19.3 Å². The smallest absolute Gasteiger partial charge is 0.254 e. The van der Waals surface area contributed by atoms with E-state index in [1.54, 1.807) is 4.90 Å². The van der Waals surface area contributed by atoms with E-state index in [0.717, 1.165) is 25.7 Å². The van der Waals surface area contributed by atoms with Gasteiger partial charge in [0.25, 0.3) is 5.91 Å². The number of ether oxygens (including phenoxy) is 2. The summed E-state index contributed by atoms with van der Waals surface area (Å²) in [6.07, 6.45) is 3.55. The molecule has 0 spiro atoms. The van der Waals surface area contributed by atoms with Gasteiger partial charge in [-0.1, -0.05) is 0 Å². The van der Waals surface area contributed by atoms with Crippen LogP contribution in [0.25, 0.3) is 0 Å². The SMILES string of the molecule is CNS(=O)(=O)c1cc(C(=O)N(CC(=O)N2CCCC2)CC2CCCO2)ccc1OC. The first-order valence-electron chi connectivity index (χ1n) is 10.2. The highest BCUT2D eigenvalue weighted by molar-refractivity contribution is 7.89. The van der Waals surface area contributed by atoms with Gasteiger partial charge in [-0.25, -0.2) is 13.1 Å². The average Bonchev–Trinajstić information content (AvgIpc) is 3.46. The zero-order valence-electron chi connectivity index (χ0n) is 17.4. The van der Waals surface area contributed by atoms with Crippen molar-refractivity contribution in [3.63, 3.8) is 0 Å². The van der Waals surface area contributed by atoms with E-state index in [1.165, 1.54) is 37.3 Å². The van der Waals surface area contributed by atoms with Crippen LogP contribution in [0.5, 0.6) is 5.75 Å². The van der Waals surface area contributed by atoms with Crippen LogP contribution in [-0.4, -0.2) is 83.1 Å². The number of hydrogen-bond donors (Lipinski definition) is 1. The van der Waals surface area contributed by atoms with E-state index in [1.807, 2.05) is 0 Å². The highest BCUT2D eigenvalue weighted by Gasteiger charge is 2.29. The van der Waals surface area contributed by atoms with Crippen molar-refractivity contribution in [1.82, 2.24) is 14.5 Å². The van der Waals surface area contributed by atoms with E-state index in [2.05, 4.69) is 4.72 Å². The summed E-state index contributed by atoms with van der Waals surface area (Å²) in [7, 11) is -1.17. The zero-order valence-corrected chi connectivity index (χ0v) is 18.2. The van der Waals surface area contributed by atoms with Crippen molar-refractivity contribution in [2.75, 3.05) is 46.9 Å². The monoisotopic (exact) mass is 439 g/mol. The molecule has 0 saturated carbocycles. The number of benzene rings is 1. The molecule has 30 heavy (non-hydrogen) atoms.